The summed E-state index contributed by atoms with van der Waals surface area (Å²) in [4.78, 5) is 22.4. The zero-order chi connectivity index (χ0) is 15.4. The van der Waals surface area contributed by atoms with Crippen LogP contribution < -0.4 is 10.2 Å². The van der Waals surface area contributed by atoms with E-state index in [1.807, 2.05) is 14.1 Å². The Labute approximate surface area is 136 Å². The zero-order valence-electron chi connectivity index (χ0n) is 11.6. The van der Waals surface area contributed by atoms with E-state index in [4.69, 9.17) is 11.6 Å². The van der Waals surface area contributed by atoms with Crippen LogP contribution in [-0.4, -0.2) is 30.0 Å². The lowest BCUT2D eigenvalue weighted by molar-refractivity contribution is 0.0950. The van der Waals surface area contributed by atoms with Gasteiger partial charge < -0.3 is 10.2 Å². The minimum absolute atomic E-state index is 0.238. The van der Waals surface area contributed by atoms with E-state index in [1.165, 1.54) is 0 Å². The molecule has 110 valence electrons. The van der Waals surface area contributed by atoms with Gasteiger partial charge in [0.15, 0.2) is 0 Å². The molecular formula is C14H14BrClN4O. The summed E-state index contributed by atoms with van der Waals surface area (Å²) in [5, 5.41) is 3.20. The fourth-order valence-corrected chi connectivity index (χ4v) is 2.40. The van der Waals surface area contributed by atoms with Gasteiger partial charge in [0.25, 0.3) is 5.91 Å². The first-order valence-electron chi connectivity index (χ1n) is 6.20. The molecule has 0 aliphatic heterocycles. The van der Waals surface area contributed by atoms with Gasteiger partial charge in [0, 0.05) is 24.8 Å². The number of aromatic nitrogens is 2. The lowest BCUT2D eigenvalue weighted by atomic mass is 10.2. The standard InChI is InChI=1S/C14H14BrClN4O/c1-20(2)14-17-6-5-10(19-14)8-18-13(21)11-4-3-9(15)7-12(11)16/h3-7H,8H2,1-2H3,(H,18,21). The monoisotopic (exact) mass is 368 g/mol. The van der Waals surface area contributed by atoms with Gasteiger partial charge in [-0.2, -0.15) is 0 Å². The summed E-state index contributed by atoms with van der Waals surface area (Å²) >= 11 is 9.35. The van der Waals surface area contributed by atoms with Crippen molar-refractivity contribution in [2.45, 2.75) is 6.54 Å². The van der Waals surface area contributed by atoms with Crippen LogP contribution in [0.2, 0.25) is 5.02 Å². The highest BCUT2D eigenvalue weighted by atomic mass is 79.9. The van der Waals surface area contributed by atoms with Crippen molar-refractivity contribution >= 4 is 39.4 Å². The molecule has 1 heterocycles. The van der Waals surface area contributed by atoms with Gasteiger partial charge in [-0.1, -0.05) is 27.5 Å². The Morgan fingerprint density at radius 3 is 2.81 bits per heavy atom. The summed E-state index contributed by atoms with van der Waals surface area (Å²) in [6.07, 6.45) is 1.66. The van der Waals surface area contributed by atoms with Crippen LogP contribution in [0.3, 0.4) is 0 Å². The maximum atomic E-state index is 12.1. The second-order valence-corrected chi connectivity index (χ2v) is 5.87. The predicted molar refractivity (Wildman–Crippen MR) is 86.7 cm³/mol. The molecular weight excluding hydrogens is 356 g/mol. The molecule has 0 radical (unpaired) electrons. The zero-order valence-corrected chi connectivity index (χ0v) is 13.9. The largest absolute Gasteiger partial charge is 0.347 e. The molecule has 2 aromatic rings. The highest BCUT2D eigenvalue weighted by molar-refractivity contribution is 9.10. The molecule has 0 aliphatic carbocycles. The highest BCUT2D eigenvalue weighted by Gasteiger charge is 2.11. The highest BCUT2D eigenvalue weighted by Crippen LogP contribution is 2.21. The van der Waals surface area contributed by atoms with E-state index in [0.29, 0.717) is 23.1 Å². The fraction of sp³-hybridized carbons (Fsp3) is 0.214. The summed E-state index contributed by atoms with van der Waals surface area (Å²) in [5.41, 5.74) is 1.16. The molecule has 0 saturated heterocycles. The average molecular weight is 370 g/mol. The normalized spacial score (nSPS) is 10.3. The second-order valence-electron chi connectivity index (χ2n) is 4.55. The number of benzene rings is 1. The van der Waals surface area contributed by atoms with E-state index in [0.717, 1.165) is 10.2 Å². The number of hydrogen-bond donors (Lipinski definition) is 1. The van der Waals surface area contributed by atoms with Gasteiger partial charge in [-0.3, -0.25) is 4.79 Å². The van der Waals surface area contributed by atoms with Crippen molar-refractivity contribution < 1.29 is 4.79 Å². The fourth-order valence-electron chi connectivity index (χ4n) is 1.64. The Hall–Kier alpha value is -1.66. The molecule has 0 bridgehead atoms. The van der Waals surface area contributed by atoms with Crippen molar-refractivity contribution in [2.24, 2.45) is 0 Å². The Balaban J connectivity index is 2.05. The molecule has 0 fully saturated rings. The van der Waals surface area contributed by atoms with E-state index in [2.05, 4.69) is 31.2 Å². The summed E-state index contributed by atoms with van der Waals surface area (Å²) in [6, 6.07) is 6.89. The van der Waals surface area contributed by atoms with E-state index < -0.39 is 0 Å². The van der Waals surface area contributed by atoms with E-state index in [9.17, 15) is 4.79 Å². The van der Waals surface area contributed by atoms with Crippen molar-refractivity contribution in [1.29, 1.82) is 0 Å². The number of nitrogens with one attached hydrogen (secondary N) is 1. The smallest absolute Gasteiger partial charge is 0.253 e. The third-order valence-corrected chi connectivity index (χ3v) is 3.51. The molecule has 0 saturated carbocycles. The quantitative estimate of drug-likeness (QED) is 0.900. The number of amides is 1. The summed E-state index contributed by atoms with van der Waals surface area (Å²) in [5.74, 6) is 0.362. The molecule has 0 atom stereocenters. The molecule has 1 aromatic carbocycles. The molecule has 0 aliphatic rings. The van der Waals surface area contributed by atoms with Crippen molar-refractivity contribution in [3.8, 4) is 0 Å². The average Bonchev–Trinajstić information content (AvgIpc) is 2.45. The van der Waals surface area contributed by atoms with E-state index >= 15 is 0 Å². The number of anilines is 1. The van der Waals surface area contributed by atoms with Gasteiger partial charge in [0.05, 0.1) is 22.8 Å². The van der Waals surface area contributed by atoms with Gasteiger partial charge in [-0.25, -0.2) is 9.97 Å². The Morgan fingerprint density at radius 2 is 2.14 bits per heavy atom. The maximum absolute atomic E-state index is 12.1. The van der Waals surface area contributed by atoms with Crippen LogP contribution in [-0.2, 0) is 6.54 Å². The van der Waals surface area contributed by atoms with Gasteiger partial charge in [0.1, 0.15) is 0 Å². The number of rotatable bonds is 4. The lowest BCUT2D eigenvalue weighted by Gasteiger charge is -2.11. The molecule has 2 rings (SSSR count). The van der Waals surface area contributed by atoms with E-state index in [-0.39, 0.29) is 5.91 Å². The summed E-state index contributed by atoms with van der Waals surface area (Å²) in [6.45, 7) is 0.314. The van der Waals surface area contributed by atoms with E-state index in [1.54, 1.807) is 35.4 Å². The third-order valence-electron chi connectivity index (χ3n) is 2.71. The lowest BCUT2D eigenvalue weighted by Crippen LogP contribution is -2.24. The van der Waals surface area contributed by atoms with Crippen LogP contribution in [0.15, 0.2) is 34.9 Å². The number of carbonyl (C=O) groups excluding carboxylic acids is 1. The van der Waals surface area contributed by atoms with Crippen molar-refractivity contribution in [3.63, 3.8) is 0 Å². The molecule has 21 heavy (non-hydrogen) atoms. The van der Waals surface area contributed by atoms with Crippen LogP contribution in [0.25, 0.3) is 0 Å². The molecule has 0 unspecified atom stereocenters. The Kier molecular flexibility index (Phi) is 5.14. The van der Waals surface area contributed by atoms with Crippen molar-refractivity contribution in [3.05, 3.63) is 51.2 Å². The molecule has 1 N–H and O–H groups in total. The van der Waals surface area contributed by atoms with Gasteiger partial charge in [-0.15, -0.1) is 0 Å². The van der Waals surface area contributed by atoms with Gasteiger partial charge in [-0.05, 0) is 24.3 Å². The third kappa shape index (κ3) is 4.15. The number of carbonyl (C=O) groups is 1. The van der Waals surface area contributed by atoms with Gasteiger partial charge in [0.2, 0.25) is 5.95 Å². The Bertz CT molecular complexity index is 663. The number of halogens is 2. The minimum Gasteiger partial charge on any atom is -0.347 e. The number of nitrogens with zero attached hydrogens (tertiary/aromatic N) is 3. The summed E-state index contributed by atoms with van der Waals surface area (Å²) in [7, 11) is 3.72. The minimum atomic E-state index is -0.238. The first-order valence-corrected chi connectivity index (χ1v) is 7.37. The SMILES string of the molecule is CN(C)c1nccc(CNC(=O)c2ccc(Br)cc2Cl)n1. The molecule has 0 spiro atoms. The molecule has 7 heteroatoms. The maximum Gasteiger partial charge on any atom is 0.253 e. The molecule has 1 amide bonds. The van der Waals surface area contributed by atoms with Crippen LogP contribution >= 0.6 is 27.5 Å². The van der Waals surface area contributed by atoms with Crippen LogP contribution in [0.4, 0.5) is 5.95 Å². The van der Waals surface area contributed by atoms with Crippen LogP contribution in [0, 0.1) is 0 Å². The first-order chi connectivity index (χ1) is 9.97. The van der Waals surface area contributed by atoms with Crippen molar-refractivity contribution in [2.75, 3.05) is 19.0 Å². The second kappa shape index (κ2) is 6.87. The molecule has 5 nitrogen and oxygen atoms in total. The summed E-state index contributed by atoms with van der Waals surface area (Å²) < 4.78 is 0.829. The topological polar surface area (TPSA) is 58.1 Å². The van der Waals surface area contributed by atoms with Crippen LogP contribution in [0.5, 0.6) is 0 Å². The Morgan fingerprint density at radius 1 is 1.38 bits per heavy atom. The van der Waals surface area contributed by atoms with Gasteiger partial charge >= 0.3 is 0 Å². The van der Waals surface area contributed by atoms with Crippen molar-refractivity contribution in [1.82, 2.24) is 15.3 Å². The first kappa shape index (κ1) is 15.7. The van der Waals surface area contributed by atoms with Crippen LogP contribution in [0.1, 0.15) is 16.1 Å². The molecule has 1 aromatic heterocycles. The predicted octanol–water partition coefficient (Wildman–Crippen LogP) is 2.89. The number of hydrogen-bond acceptors (Lipinski definition) is 4.